The zero-order valence-corrected chi connectivity index (χ0v) is 19.0. The van der Waals surface area contributed by atoms with Crippen LogP contribution in [0.15, 0.2) is 18.2 Å². The Morgan fingerprint density at radius 3 is 2.61 bits per heavy atom. The van der Waals surface area contributed by atoms with Gasteiger partial charge in [0.25, 0.3) is 6.43 Å². The minimum absolute atomic E-state index is 0.0384. The van der Waals surface area contributed by atoms with Crippen LogP contribution in [0.3, 0.4) is 0 Å². The number of rotatable bonds is 7. The number of nitrogens with one attached hydrogen (secondary N) is 1. The SMILES string of the molecule is C[C@@H](Nc1nc(Cl)nc2c1CN(C(=O)C1(C)CN(CCF)C1)C2)c1cccc(C(F)F)c1F. The molecule has 0 unspecified atom stereocenters. The van der Waals surface area contributed by atoms with Gasteiger partial charge in [-0.2, -0.15) is 0 Å². The van der Waals surface area contributed by atoms with Crippen molar-refractivity contribution in [3.63, 3.8) is 0 Å². The number of carbonyl (C=O) groups is 1. The Bertz CT molecular complexity index is 1060. The molecule has 0 aliphatic carbocycles. The van der Waals surface area contributed by atoms with Crippen molar-refractivity contribution in [2.24, 2.45) is 5.41 Å². The van der Waals surface area contributed by atoms with Gasteiger partial charge in [0.05, 0.1) is 35.8 Å². The van der Waals surface area contributed by atoms with Crippen molar-refractivity contribution in [3.8, 4) is 0 Å². The van der Waals surface area contributed by atoms with E-state index in [9.17, 15) is 22.4 Å². The fourth-order valence-electron chi connectivity index (χ4n) is 4.58. The number of amides is 1. The minimum Gasteiger partial charge on any atom is -0.363 e. The molecule has 2 aliphatic rings. The zero-order chi connectivity index (χ0) is 23.9. The van der Waals surface area contributed by atoms with Gasteiger partial charge in [0, 0.05) is 30.8 Å². The van der Waals surface area contributed by atoms with Gasteiger partial charge >= 0.3 is 0 Å². The summed E-state index contributed by atoms with van der Waals surface area (Å²) in [6, 6.07) is 3.16. The summed E-state index contributed by atoms with van der Waals surface area (Å²) in [6.45, 7) is 4.77. The van der Waals surface area contributed by atoms with Gasteiger partial charge in [-0.25, -0.2) is 27.5 Å². The molecule has 1 aromatic heterocycles. The van der Waals surface area contributed by atoms with E-state index in [1.54, 1.807) is 11.8 Å². The third-order valence-electron chi connectivity index (χ3n) is 6.22. The first-order valence-corrected chi connectivity index (χ1v) is 11.0. The lowest BCUT2D eigenvalue weighted by Crippen LogP contribution is -2.61. The van der Waals surface area contributed by atoms with E-state index in [4.69, 9.17) is 11.6 Å². The van der Waals surface area contributed by atoms with Crippen molar-refractivity contribution in [1.82, 2.24) is 19.8 Å². The summed E-state index contributed by atoms with van der Waals surface area (Å²) < 4.78 is 53.3. The van der Waals surface area contributed by atoms with Crippen LogP contribution in [0.4, 0.5) is 23.4 Å². The molecule has 6 nitrogen and oxygen atoms in total. The van der Waals surface area contributed by atoms with Crippen molar-refractivity contribution in [3.05, 3.63) is 51.7 Å². The molecule has 1 N–H and O–H groups in total. The van der Waals surface area contributed by atoms with E-state index >= 15 is 0 Å². The lowest BCUT2D eigenvalue weighted by Gasteiger charge is -2.47. The highest BCUT2D eigenvalue weighted by Crippen LogP contribution is 2.37. The van der Waals surface area contributed by atoms with Crippen molar-refractivity contribution < 1.29 is 22.4 Å². The average Bonchev–Trinajstić information content (AvgIpc) is 3.16. The molecule has 1 atom stereocenters. The molecular formula is C22H24ClF4N5O. The van der Waals surface area contributed by atoms with Gasteiger partial charge in [0.15, 0.2) is 0 Å². The van der Waals surface area contributed by atoms with Gasteiger partial charge in [-0.05, 0) is 25.4 Å². The normalized spacial score (nSPS) is 18.2. The molecule has 3 heterocycles. The van der Waals surface area contributed by atoms with Crippen LogP contribution in [0.25, 0.3) is 0 Å². The molecule has 0 spiro atoms. The van der Waals surface area contributed by atoms with E-state index in [1.807, 2.05) is 11.8 Å². The van der Waals surface area contributed by atoms with E-state index in [-0.39, 0.29) is 29.8 Å². The highest BCUT2D eigenvalue weighted by molar-refractivity contribution is 6.28. The van der Waals surface area contributed by atoms with Gasteiger partial charge in [0.1, 0.15) is 18.3 Å². The summed E-state index contributed by atoms with van der Waals surface area (Å²) in [5.41, 5.74) is 0.0160. The smallest absolute Gasteiger partial charge is 0.266 e. The van der Waals surface area contributed by atoms with Gasteiger partial charge in [-0.3, -0.25) is 9.69 Å². The van der Waals surface area contributed by atoms with E-state index in [0.717, 1.165) is 6.07 Å². The zero-order valence-electron chi connectivity index (χ0n) is 18.2. The molecule has 4 rings (SSSR count). The highest BCUT2D eigenvalue weighted by atomic mass is 35.5. The lowest BCUT2D eigenvalue weighted by molar-refractivity contribution is -0.152. The van der Waals surface area contributed by atoms with Crippen LogP contribution in [0, 0.1) is 11.2 Å². The molecule has 0 saturated carbocycles. The summed E-state index contributed by atoms with van der Waals surface area (Å²) in [5.74, 6) is -0.717. The number of benzene rings is 1. The number of halogens is 5. The first-order valence-electron chi connectivity index (χ1n) is 10.6. The van der Waals surface area contributed by atoms with Crippen molar-refractivity contribution in [2.45, 2.75) is 39.4 Å². The summed E-state index contributed by atoms with van der Waals surface area (Å²) in [6.07, 6.45) is -2.93. The van der Waals surface area contributed by atoms with Crippen LogP contribution in [-0.2, 0) is 17.9 Å². The van der Waals surface area contributed by atoms with Gasteiger partial charge < -0.3 is 10.2 Å². The highest BCUT2D eigenvalue weighted by Gasteiger charge is 2.48. The molecule has 2 aliphatic heterocycles. The predicted octanol–water partition coefficient (Wildman–Crippen LogP) is 4.51. The summed E-state index contributed by atoms with van der Waals surface area (Å²) >= 11 is 6.08. The third kappa shape index (κ3) is 4.50. The Kier molecular flexibility index (Phi) is 6.50. The molecular weight excluding hydrogens is 462 g/mol. The molecule has 1 saturated heterocycles. The maximum absolute atomic E-state index is 14.6. The topological polar surface area (TPSA) is 61.4 Å². The van der Waals surface area contributed by atoms with Gasteiger partial charge in [-0.15, -0.1) is 0 Å². The predicted molar refractivity (Wildman–Crippen MR) is 115 cm³/mol. The fourth-order valence-corrected chi connectivity index (χ4v) is 4.76. The van der Waals surface area contributed by atoms with Crippen LogP contribution >= 0.6 is 11.6 Å². The molecule has 2 aromatic rings. The second-order valence-electron chi connectivity index (χ2n) is 8.81. The average molecular weight is 486 g/mol. The fraction of sp³-hybridized carbons (Fsp3) is 0.500. The molecule has 0 radical (unpaired) electrons. The molecule has 1 fully saturated rings. The number of hydrogen-bond donors (Lipinski definition) is 1. The monoisotopic (exact) mass is 485 g/mol. The maximum atomic E-state index is 14.6. The number of anilines is 1. The first-order chi connectivity index (χ1) is 15.6. The Hall–Kier alpha value is -2.46. The van der Waals surface area contributed by atoms with Crippen LogP contribution in [0.1, 0.15) is 48.7 Å². The second-order valence-corrected chi connectivity index (χ2v) is 9.14. The molecule has 1 amide bonds. The maximum Gasteiger partial charge on any atom is 0.266 e. The summed E-state index contributed by atoms with van der Waals surface area (Å²) in [4.78, 5) is 25.1. The van der Waals surface area contributed by atoms with Crippen molar-refractivity contribution >= 4 is 23.3 Å². The molecule has 178 valence electrons. The molecule has 1 aromatic carbocycles. The number of fused-ring (bicyclic) bond motifs is 1. The Labute approximate surface area is 193 Å². The first kappa shape index (κ1) is 23.7. The summed E-state index contributed by atoms with van der Waals surface area (Å²) in [5, 5.41) is 3.01. The second kappa shape index (κ2) is 9.06. The van der Waals surface area contributed by atoms with E-state index in [2.05, 4.69) is 15.3 Å². The lowest BCUT2D eigenvalue weighted by atomic mass is 9.80. The number of aromatic nitrogens is 2. The van der Waals surface area contributed by atoms with Crippen molar-refractivity contribution in [2.75, 3.05) is 31.6 Å². The quantitative estimate of drug-likeness (QED) is 0.462. The van der Waals surface area contributed by atoms with E-state index in [1.165, 1.54) is 12.1 Å². The van der Waals surface area contributed by atoms with Crippen LogP contribution < -0.4 is 5.32 Å². The van der Waals surface area contributed by atoms with Gasteiger partial charge in [-0.1, -0.05) is 18.2 Å². The Morgan fingerprint density at radius 2 is 1.94 bits per heavy atom. The number of nitrogens with zero attached hydrogens (tertiary/aromatic N) is 4. The number of carbonyl (C=O) groups excluding carboxylic acids is 1. The Balaban J connectivity index is 1.53. The van der Waals surface area contributed by atoms with Crippen LogP contribution in [0.2, 0.25) is 5.28 Å². The van der Waals surface area contributed by atoms with Crippen LogP contribution in [0.5, 0.6) is 0 Å². The van der Waals surface area contributed by atoms with Gasteiger partial charge in [0.2, 0.25) is 11.2 Å². The number of likely N-dealkylation sites (tertiary alicyclic amines) is 1. The summed E-state index contributed by atoms with van der Waals surface area (Å²) in [7, 11) is 0. The molecule has 33 heavy (non-hydrogen) atoms. The molecule has 0 bridgehead atoms. The number of alkyl halides is 3. The molecule has 11 heteroatoms. The van der Waals surface area contributed by atoms with E-state index in [0.29, 0.717) is 36.7 Å². The largest absolute Gasteiger partial charge is 0.363 e. The Morgan fingerprint density at radius 1 is 1.24 bits per heavy atom. The van der Waals surface area contributed by atoms with Crippen LogP contribution in [-0.4, -0.2) is 52.0 Å². The van der Waals surface area contributed by atoms with E-state index < -0.39 is 35.9 Å². The number of hydrogen-bond acceptors (Lipinski definition) is 5. The standard InChI is InChI=1S/C22H24ClF4N5O/c1-12(13-4-3-5-14(17(13)25)18(26)27)28-19-15-8-32(9-16(15)29-21(23)30-19)20(33)22(2)10-31(11-22)7-6-24/h3-5,12,18H,6-11H2,1-2H3,(H,28,29,30)/t12-/m1/s1. The minimum atomic E-state index is -2.93. The van der Waals surface area contributed by atoms with Crippen molar-refractivity contribution in [1.29, 1.82) is 0 Å². The third-order valence-corrected chi connectivity index (χ3v) is 6.39.